The fraction of sp³-hybridized carbons (Fsp3) is 0.650. The van der Waals surface area contributed by atoms with Crippen LogP contribution < -0.4 is 0 Å². The summed E-state index contributed by atoms with van der Waals surface area (Å²) in [6.45, 7) is 9.62. The molecule has 2 heterocycles. The predicted molar refractivity (Wildman–Crippen MR) is 103 cm³/mol. The van der Waals surface area contributed by atoms with Crippen LogP contribution in [0.15, 0.2) is 6.07 Å². The van der Waals surface area contributed by atoms with E-state index in [0.717, 1.165) is 47.2 Å². The van der Waals surface area contributed by atoms with Gasteiger partial charge in [0.25, 0.3) is 5.91 Å². The summed E-state index contributed by atoms with van der Waals surface area (Å²) in [5, 5.41) is 5.61. The van der Waals surface area contributed by atoms with Crippen LogP contribution in [0.1, 0.15) is 67.7 Å². The third kappa shape index (κ3) is 3.61. The summed E-state index contributed by atoms with van der Waals surface area (Å²) in [7, 11) is 3.53. The molecular weight excluding hydrogens is 328 g/mol. The number of aromatic nitrogens is 3. The van der Waals surface area contributed by atoms with Gasteiger partial charge in [-0.1, -0.05) is 0 Å². The van der Waals surface area contributed by atoms with Gasteiger partial charge >= 0.3 is 0 Å². The number of nitrogens with zero attached hydrogens (tertiary/aromatic N) is 4. The van der Waals surface area contributed by atoms with Crippen molar-refractivity contribution in [2.24, 2.45) is 0 Å². The zero-order valence-electron chi connectivity index (χ0n) is 16.8. The molecule has 26 heavy (non-hydrogen) atoms. The lowest BCUT2D eigenvalue weighted by Crippen LogP contribution is -2.29. The summed E-state index contributed by atoms with van der Waals surface area (Å²) in [5.74, 6) is 0.514. The van der Waals surface area contributed by atoms with Crippen molar-refractivity contribution in [1.82, 2.24) is 19.7 Å². The normalized spacial score (nSPS) is 14.8. The molecule has 1 amide bonds. The fourth-order valence-corrected chi connectivity index (χ4v) is 3.29. The van der Waals surface area contributed by atoms with E-state index in [1.165, 1.54) is 0 Å². The van der Waals surface area contributed by atoms with Crippen molar-refractivity contribution in [3.8, 4) is 0 Å². The average Bonchev–Trinajstić information content (AvgIpc) is 3.37. The van der Waals surface area contributed by atoms with Crippen LogP contribution in [-0.2, 0) is 10.3 Å². The molecule has 0 bridgehead atoms. The smallest absolute Gasteiger partial charge is 0.254 e. The lowest BCUT2D eigenvalue weighted by molar-refractivity contribution is 0.0781. The van der Waals surface area contributed by atoms with E-state index in [1.807, 2.05) is 24.7 Å². The maximum atomic E-state index is 13.2. The van der Waals surface area contributed by atoms with Crippen LogP contribution in [0.2, 0.25) is 0 Å². The first-order chi connectivity index (χ1) is 12.2. The number of ether oxygens (including phenoxy) is 1. The number of pyridine rings is 1. The third-order valence-electron chi connectivity index (χ3n) is 4.88. The van der Waals surface area contributed by atoms with Gasteiger partial charge in [0.2, 0.25) is 0 Å². The molecule has 2 aromatic heterocycles. The van der Waals surface area contributed by atoms with Gasteiger partial charge in [-0.2, -0.15) is 5.10 Å². The van der Waals surface area contributed by atoms with Crippen LogP contribution in [0.4, 0.5) is 0 Å². The summed E-state index contributed by atoms with van der Waals surface area (Å²) in [6.07, 6.45) is 3.12. The second-order valence-electron chi connectivity index (χ2n) is 8.31. The van der Waals surface area contributed by atoms with Crippen LogP contribution in [0.3, 0.4) is 0 Å². The lowest BCUT2D eigenvalue weighted by Gasteiger charge is -2.21. The lowest BCUT2D eigenvalue weighted by atomic mass is 10.1. The van der Waals surface area contributed by atoms with Crippen molar-refractivity contribution < 1.29 is 9.53 Å². The van der Waals surface area contributed by atoms with Crippen molar-refractivity contribution in [1.29, 1.82) is 0 Å². The monoisotopic (exact) mass is 358 g/mol. The Balaban J connectivity index is 2.08. The first-order valence-electron chi connectivity index (χ1n) is 9.39. The van der Waals surface area contributed by atoms with E-state index in [-0.39, 0.29) is 11.4 Å². The van der Waals surface area contributed by atoms with Gasteiger partial charge in [0, 0.05) is 38.9 Å². The number of aryl methyl sites for hydroxylation is 1. The second-order valence-corrected chi connectivity index (χ2v) is 8.31. The number of fused-ring (bicyclic) bond motifs is 1. The highest BCUT2D eigenvalue weighted by Crippen LogP contribution is 2.41. The van der Waals surface area contributed by atoms with Gasteiger partial charge in [0.1, 0.15) is 0 Å². The molecule has 0 aromatic carbocycles. The molecule has 1 fully saturated rings. The minimum atomic E-state index is -0.188. The highest BCUT2D eigenvalue weighted by atomic mass is 16.5. The Bertz CT molecular complexity index is 815. The summed E-state index contributed by atoms with van der Waals surface area (Å²) in [4.78, 5) is 19.9. The minimum Gasteiger partial charge on any atom is -0.385 e. The molecule has 142 valence electrons. The number of amides is 1. The van der Waals surface area contributed by atoms with Gasteiger partial charge in [-0.3, -0.25) is 4.79 Å². The van der Waals surface area contributed by atoms with E-state index in [2.05, 4.69) is 20.8 Å². The first-order valence-corrected chi connectivity index (χ1v) is 9.39. The van der Waals surface area contributed by atoms with E-state index in [4.69, 9.17) is 14.8 Å². The Hall–Kier alpha value is -1.95. The van der Waals surface area contributed by atoms with Gasteiger partial charge in [0.15, 0.2) is 5.65 Å². The fourth-order valence-electron chi connectivity index (χ4n) is 3.29. The van der Waals surface area contributed by atoms with E-state index >= 15 is 0 Å². The van der Waals surface area contributed by atoms with Gasteiger partial charge in [0.05, 0.1) is 22.2 Å². The molecular formula is C20H30N4O2. The highest BCUT2D eigenvalue weighted by Gasteiger charge is 2.30. The topological polar surface area (TPSA) is 60.2 Å². The van der Waals surface area contributed by atoms with E-state index in [9.17, 15) is 4.79 Å². The molecule has 0 atom stereocenters. The molecule has 1 aliphatic rings. The van der Waals surface area contributed by atoms with Crippen LogP contribution in [-0.4, -0.2) is 52.9 Å². The molecule has 1 saturated carbocycles. The number of carbonyl (C=O) groups excluding carboxylic acids is 1. The molecule has 2 aromatic rings. The van der Waals surface area contributed by atoms with Gasteiger partial charge in [-0.15, -0.1) is 0 Å². The standard InChI is InChI=1S/C20H30N4O2/c1-13-17-15(19(25)23(5)10-7-11-26-6)12-16(14-8-9-14)21-18(17)24(22-13)20(2,3)4/h12,14H,7-11H2,1-6H3. The summed E-state index contributed by atoms with van der Waals surface area (Å²) < 4.78 is 7.07. The SMILES string of the molecule is COCCCN(C)C(=O)c1cc(C2CC2)nc2c1c(C)nn2C(C)(C)C. The third-order valence-corrected chi connectivity index (χ3v) is 4.88. The number of rotatable bonds is 6. The Morgan fingerprint density at radius 1 is 1.38 bits per heavy atom. The van der Waals surface area contributed by atoms with E-state index < -0.39 is 0 Å². The zero-order valence-corrected chi connectivity index (χ0v) is 16.8. The van der Waals surface area contributed by atoms with Crippen LogP contribution in [0.5, 0.6) is 0 Å². The largest absolute Gasteiger partial charge is 0.385 e. The van der Waals surface area contributed by atoms with E-state index in [0.29, 0.717) is 19.1 Å². The van der Waals surface area contributed by atoms with Crippen molar-refractivity contribution >= 4 is 16.9 Å². The molecule has 0 saturated heterocycles. The minimum absolute atomic E-state index is 0.0342. The van der Waals surface area contributed by atoms with E-state index in [1.54, 1.807) is 12.0 Å². The Kier molecular flexibility index (Phi) is 5.06. The van der Waals surface area contributed by atoms with Crippen molar-refractivity contribution in [2.45, 2.75) is 58.4 Å². The Morgan fingerprint density at radius 3 is 2.65 bits per heavy atom. The Labute approximate surface area is 155 Å². The number of hydrogen-bond acceptors (Lipinski definition) is 4. The molecule has 6 heteroatoms. The maximum Gasteiger partial charge on any atom is 0.254 e. The second kappa shape index (κ2) is 6.99. The van der Waals surface area contributed by atoms with Gasteiger partial charge in [-0.05, 0) is 53.0 Å². The number of carbonyl (C=O) groups is 1. The van der Waals surface area contributed by atoms with Crippen molar-refractivity contribution in [2.75, 3.05) is 27.3 Å². The van der Waals surface area contributed by atoms with Gasteiger partial charge in [-0.25, -0.2) is 9.67 Å². The molecule has 1 aliphatic carbocycles. The number of hydrogen-bond donors (Lipinski definition) is 0. The van der Waals surface area contributed by atoms with Crippen molar-refractivity contribution in [3.05, 3.63) is 23.0 Å². The molecule has 0 unspecified atom stereocenters. The number of methoxy groups -OCH3 is 1. The molecule has 3 rings (SSSR count). The van der Waals surface area contributed by atoms with Crippen LogP contribution in [0.25, 0.3) is 11.0 Å². The molecule has 0 N–H and O–H groups in total. The molecule has 0 radical (unpaired) electrons. The summed E-state index contributed by atoms with van der Waals surface area (Å²) in [5.41, 5.74) is 3.25. The van der Waals surface area contributed by atoms with Crippen LogP contribution >= 0.6 is 0 Å². The average molecular weight is 358 g/mol. The summed E-state index contributed by atoms with van der Waals surface area (Å²) >= 11 is 0. The molecule has 0 aliphatic heterocycles. The van der Waals surface area contributed by atoms with Gasteiger partial charge < -0.3 is 9.64 Å². The quantitative estimate of drug-likeness (QED) is 0.742. The Morgan fingerprint density at radius 2 is 2.08 bits per heavy atom. The van der Waals surface area contributed by atoms with Crippen LogP contribution in [0, 0.1) is 6.92 Å². The zero-order chi connectivity index (χ0) is 19.1. The maximum absolute atomic E-state index is 13.2. The van der Waals surface area contributed by atoms with Crippen molar-refractivity contribution in [3.63, 3.8) is 0 Å². The predicted octanol–water partition coefficient (Wildman–Crippen LogP) is 3.48. The molecule has 6 nitrogen and oxygen atoms in total. The molecule has 0 spiro atoms. The highest BCUT2D eigenvalue weighted by molar-refractivity contribution is 6.06. The first kappa shape index (κ1) is 18.8. The summed E-state index contributed by atoms with van der Waals surface area (Å²) in [6, 6.07) is 2.00.